The van der Waals surface area contributed by atoms with Crippen LogP contribution in [0.2, 0.25) is 0 Å². The summed E-state index contributed by atoms with van der Waals surface area (Å²) in [6, 6.07) is 0. The highest BCUT2D eigenvalue weighted by molar-refractivity contribution is 7.47. The van der Waals surface area contributed by atoms with Gasteiger partial charge >= 0.3 is 39.5 Å². The Kier molecular flexibility index (Phi) is 61.5. The molecule has 0 saturated heterocycles. The lowest BCUT2D eigenvalue weighted by molar-refractivity contribution is -0.161. The van der Waals surface area contributed by atoms with Gasteiger partial charge in [0.2, 0.25) is 0 Å². The van der Waals surface area contributed by atoms with Gasteiger partial charge in [-0.3, -0.25) is 37.3 Å². The molecule has 0 rings (SSSR count). The molecule has 518 valence electrons. The summed E-state index contributed by atoms with van der Waals surface area (Å²) in [5, 5.41) is 10.6. The van der Waals surface area contributed by atoms with E-state index in [2.05, 4.69) is 52.0 Å². The van der Waals surface area contributed by atoms with Crippen molar-refractivity contribution in [1.82, 2.24) is 0 Å². The van der Waals surface area contributed by atoms with Gasteiger partial charge in [-0.2, -0.15) is 0 Å². The van der Waals surface area contributed by atoms with Gasteiger partial charge in [0.25, 0.3) is 0 Å². The summed E-state index contributed by atoms with van der Waals surface area (Å²) < 4.78 is 68.1. The fourth-order valence-electron chi connectivity index (χ4n) is 9.98. The highest BCUT2D eigenvalue weighted by Gasteiger charge is 2.30. The fraction of sp³-hybridized carbons (Fsp3) is 0.884. The molecular formula is C69H130O17P2. The molecule has 0 aliphatic rings. The molecule has 0 aromatic heterocycles. The number of allylic oxidation sites excluding steroid dienone is 4. The summed E-state index contributed by atoms with van der Waals surface area (Å²) in [6.07, 6.45) is 53.4. The van der Waals surface area contributed by atoms with E-state index in [0.29, 0.717) is 25.7 Å². The van der Waals surface area contributed by atoms with Gasteiger partial charge in [0.15, 0.2) is 12.2 Å². The SMILES string of the molecule is CCCCCC/C=C\C=C/CCCCCCCC(=O)O[C@H](COC(=O)CCCCCCCCCCCCCCCC)COP(=O)(O)OC[C@@H](O)COP(=O)(O)OC[C@@H](COC(=O)CCCCCCCCCCC)OC(=O)CCCCCCCCCCCC. The quantitative estimate of drug-likeness (QED) is 0.0169. The summed E-state index contributed by atoms with van der Waals surface area (Å²) in [4.78, 5) is 72.4. The summed E-state index contributed by atoms with van der Waals surface area (Å²) in [7, 11) is -9.90. The minimum atomic E-state index is -4.96. The van der Waals surface area contributed by atoms with Crippen LogP contribution in [0.1, 0.15) is 336 Å². The van der Waals surface area contributed by atoms with Crippen molar-refractivity contribution < 1.29 is 80.2 Å². The van der Waals surface area contributed by atoms with E-state index in [1.807, 2.05) is 0 Å². The Labute approximate surface area is 535 Å². The molecule has 17 nitrogen and oxygen atoms in total. The Bertz CT molecular complexity index is 1780. The number of hydrogen-bond donors (Lipinski definition) is 3. The number of phosphoric ester groups is 2. The standard InChI is InChI=1S/C69H130O17P2/c1-5-9-13-17-21-25-28-30-32-34-36-40-44-48-52-56-69(74)86-65(60-80-67(72)54-50-46-42-39-35-33-31-29-26-22-18-14-10-6-2)62-84-88(77,78)82-58-63(70)57-81-87(75,76)83-61-64(59-79-66(71)53-49-45-41-37-24-20-16-12-8-4)85-68(73)55-51-47-43-38-27-23-19-15-11-7-3/h25,28,30,32,63-65,70H,5-24,26-27,29,31,33-62H2,1-4H3,(H,75,76)(H,77,78)/b28-25-,32-30-/t63-,64+,65+/m0/s1. The summed E-state index contributed by atoms with van der Waals surface area (Å²) >= 11 is 0. The summed E-state index contributed by atoms with van der Waals surface area (Å²) in [6.45, 7) is 4.85. The number of aliphatic hydroxyl groups excluding tert-OH is 1. The molecular weight excluding hydrogens is 1160 g/mol. The summed E-state index contributed by atoms with van der Waals surface area (Å²) in [5.74, 6) is -2.15. The van der Waals surface area contributed by atoms with E-state index in [0.717, 1.165) is 103 Å². The lowest BCUT2D eigenvalue weighted by atomic mass is 10.0. The molecule has 19 heteroatoms. The first kappa shape index (κ1) is 85.5. The number of ether oxygens (including phenoxy) is 4. The molecule has 0 heterocycles. The number of phosphoric acid groups is 2. The number of aliphatic hydroxyl groups is 1. The predicted molar refractivity (Wildman–Crippen MR) is 354 cm³/mol. The number of esters is 4. The topological polar surface area (TPSA) is 237 Å². The minimum absolute atomic E-state index is 0.0858. The second-order valence-electron chi connectivity index (χ2n) is 24.2. The largest absolute Gasteiger partial charge is 0.472 e. The Balaban J connectivity index is 5.26. The Morgan fingerprint density at radius 2 is 0.545 bits per heavy atom. The third-order valence-electron chi connectivity index (χ3n) is 15.5. The van der Waals surface area contributed by atoms with Crippen molar-refractivity contribution in [3.05, 3.63) is 24.3 Å². The molecule has 2 unspecified atom stereocenters. The van der Waals surface area contributed by atoms with E-state index in [9.17, 15) is 43.2 Å². The van der Waals surface area contributed by atoms with Gasteiger partial charge < -0.3 is 33.8 Å². The van der Waals surface area contributed by atoms with Gasteiger partial charge in [-0.25, -0.2) is 9.13 Å². The van der Waals surface area contributed by atoms with E-state index < -0.39 is 97.5 Å². The maximum absolute atomic E-state index is 13.0. The van der Waals surface area contributed by atoms with Crippen LogP contribution in [0.4, 0.5) is 0 Å². The van der Waals surface area contributed by atoms with Crippen molar-refractivity contribution in [1.29, 1.82) is 0 Å². The van der Waals surface area contributed by atoms with Crippen molar-refractivity contribution in [3.63, 3.8) is 0 Å². The number of rotatable bonds is 68. The van der Waals surface area contributed by atoms with E-state index >= 15 is 0 Å². The number of unbranched alkanes of at least 4 members (excludes halogenated alkanes) is 39. The van der Waals surface area contributed by atoms with Gasteiger partial charge in [-0.1, -0.05) is 283 Å². The second kappa shape index (κ2) is 63.3. The number of carbonyl (C=O) groups is 4. The first-order valence-corrected chi connectivity index (χ1v) is 38.6. The van der Waals surface area contributed by atoms with Crippen LogP contribution in [-0.4, -0.2) is 96.7 Å². The van der Waals surface area contributed by atoms with Crippen LogP contribution in [0.3, 0.4) is 0 Å². The van der Waals surface area contributed by atoms with Crippen molar-refractivity contribution in [2.24, 2.45) is 0 Å². The Hall–Kier alpha value is -2.46. The van der Waals surface area contributed by atoms with E-state index in [-0.39, 0.29) is 25.7 Å². The molecule has 0 amide bonds. The molecule has 5 atom stereocenters. The minimum Gasteiger partial charge on any atom is -0.462 e. The molecule has 88 heavy (non-hydrogen) atoms. The van der Waals surface area contributed by atoms with E-state index in [1.54, 1.807) is 0 Å². The maximum Gasteiger partial charge on any atom is 0.472 e. The van der Waals surface area contributed by atoms with Gasteiger partial charge in [-0.15, -0.1) is 0 Å². The normalized spacial score (nSPS) is 14.2. The smallest absolute Gasteiger partial charge is 0.462 e. The van der Waals surface area contributed by atoms with Crippen molar-refractivity contribution in [2.75, 3.05) is 39.6 Å². The average molecular weight is 1290 g/mol. The second-order valence-corrected chi connectivity index (χ2v) is 27.1. The van der Waals surface area contributed by atoms with Crippen LogP contribution in [0.15, 0.2) is 24.3 Å². The third-order valence-corrected chi connectivity index (χ3v) is 17.4. The highest BCUT2D eigenvalue weighted by atomic mass is 31.2. The number of hydrogen-bond acceptors (Lipinski definition) is 15. The molecule has 3 N–H and O–H groups in total. The zero-order valence-electron chi connectivity index (χ0n) is 56.2. The van der Waals surface area contributed by atoms with Crippen LogP contribution in [0, 0.1) is 0 Å². The zero-order chi connectivity index (χ0) is 64.7. The maximum atomic E-state index is 13.0. The molecule has 0 radical (unpaired) electrons. The molecule has 0 aromatic rings. The predicted octanol–water partition coefficient (Wildman–Crippen LogP) is 19.4. The van der Waals surface area contributed by atoms with E-state index in [1.165, 1.54) is 154 Å². The van der Waals surface area contributed by atoms with Crippen molar-refractivity contribution in [3.8, 4) is 0 Å². The molecule has 0 aliphatic carbocycles. The van der Waals surface area contributed by atoms with Crippen LogP contribution in [-0.2, 0) is 65.4 Å². The summed E-state index contributed by atoms with van der Waals surface area (Å²) in [5.41, 5.74) is 0. The van der Waals surface area contributed by atoms with Gasteiger partial charge in [0, 0.05) is 25.7 Å². The van der Waals surface area contributed by atoms with Crippen molar-refractivity contribution >= 4 is 39.5 Å². The first-order valence-electron chi connectivity index (χ1n) is 35.6. The molecule has 0 fully saturated rings. The van der Waals surface area contributed by atoms with Crippen LogP contribution >= 0.6 is 15.6 Å². The molecule has 0 spiro atoms. The lowest BCUT2D eigenvalue weighted by Crippen LogP contribution is -2.30. The van der Waals surface area contributed by atoms with Crippen LogP contribution in [0.5, 0.6) is 0 Å². The number of carbonyl (C=O) groups excluding carboxylic acids is 4. The van der Waals surface area contributed by atoms with Crippen LogP contribution in [0.25, 0.3) is 0 Å². The van der Waals surface area contributed by atoms with Gasteiger partial charge in [0.1, 0.15) is 19.3 Å². The molecule has 0 bridgehead atoms. The van der Waals surface area contributed by atoms with E-state index in [4.69, 9.17) is 37.0 Å². The first-order chi connectivity index (χ1) is 42.7. The molecule has 0 aromatic carbocycles. The monoisotopic (exact) mass is 1290 g/mol. The average Bonchev–Trinajstić information content (AvgIpc) is 3.52. The fourth-order valence-corrected chi connectivity index (χ4v) is 11.6. The Morgan fingerprint density at radius 1 is 0.318 bits per heavy atom. The van der Waals surface area contributed by atoms with Crippen LogP contribution < -0.4 is 0 Å². The zero-order valence-corrected chi connectivity index (χ0v) is 58.0. The van der Waals surface area contributed by atoms with Gasteiger partial charge in [-0.05, 0) is 51.4 Å². The highest BCUT2D eigenvalue weighted by Crippen LogP contribution is 2.45. The third kappa shape index (κ3) is 62.4. The molecule has 0 saturated carbocycles. The molecule has 0 aliphatic heterocycles. The Morgan fingerprint density at radius 3 is 0.830 bits per heavy atom. The lowest BCUT2D eigenvalue weighted by Gasteiger charge is -2.21. The van der Waals surface area contributed by atoms with Gasteiger partial charge in [0.05, 0.1) is 26.4 Å². The van der Waals surface area contributed by atoms with Crippen molar-refractivity contribution in [2.45, 2.75) is 354 Å².